The van der Waals surface area contributed by atoms with Crippen LogP contribution in [0.2, 0.25) is 0 Å². The van der Waals surface area contributed by atoms with E-state index in [-0.39, 0.29) is 25.3 Å². The molecule has 0 radical (unpaired) electrons. The monoisotopic (exact) mass is 699 g/mol. The number of nitrogens with one attached hydrogen (secondary N) is 3. The number of rotatable bonds is 12. The molecule has 0 spiro atoms. The quantitative estimate of drug-likeness (QED) is 0.279. The Morgan fingerprint density at radius 1 is 1.14 bits per heavy atom. The first kappa shape index (κ1) is 35.9. The van der Waals surface area contributed by atoms with Gasteiger partial charge in [-0.2, -0.15) is 0 Å². The number of carbonyl (C=O) groups is 4. The second-order valence-corrected chi connectivity index (χ2v) is 16.2. The first-order valence-corrected chi connectivity index (χ1v) is 17.9. The van der Waals surface area contributed by atoms with E-state index in [2.05, 4.69) is 26.9 Å². The number of alkyl carbamates (subject to hydrolysis) is 1. The Labute approximate surface area is 286 Å². The molecule has 1 aromatic heterocycles. The van der Waals surface area contributed by atoms with Crippen LogP contribution in [0, 0.1) is 11.8 Å². The molecule has 1 aromatic carbocycles. The van der Waals surface area contributed by atoms with E-state index in [0.29, 0.717) is 35.2 Å². The highest BCUT2D eigenvalue weighted by Crippen LogP contribution is 2.45. The lowest BCUT2D eigenvalue weighted by Crippen LogP contribution is -2.59. The first-order valence-electron chi connectivity index (χ1n) is 16.4. The van der Waals surface area contributed by atoms with Crippen molar-refractivity contribution in [3.63, 3.8) is 0 Å². The predicted molar refractivity (Wildman–Crippen MR) is 180 cm³/mol. The van der Waals surface area contributed by atoms with Crippen LogP contribution in [0.4, 0.5) is 4.79 Å². The largest absolute Gasteiger partial charge is 0.497 e. The zero-order valence-electron chi connectivity index (χ0n) is 28.6. The highest BCUT2D eigenvalue weighted by atomic mass is 32.2. The van der Waals surface area contributed by atoms with Crippen LogP contribution in [0.15, 0.2) is 43.1 Å². The van der Waals surface area contributed by atoms with Crippen LogP contribution in [-0.4, -0.2) is 90.3 Å². The van der Waals surface area contributed by atoms with Crippen LogP contribution >= 0.6 is 0 Å². The fraction of sp³-hybridized carbons (Fsp3) is 0.559. The predicted octanol–water partition coefficient (Wildman–Crippen LogP) is 2.81. The van der Waals surface area contributed by atoms with Gasteiger partial charge in [0.1, 0.15) is 40.8 Å². The van der Waals surface area contributed by atoms with Gasteiger partial charge in [0.25, 0.3) is 5.91 Å². The number of pyridine rings is 1. The van der Waals surface area contributed by atoms with Crippen molar-refractivity contribution in [1.29, 1.82) is 0 Å². The van der Waals surface area contributed by atoms with E-state index >= 15 is 0 Å². The Balaban J connectivity index is 1.42. The van der Waals surface area contributed by atoms with Gasteiger partial charge < -0.3 is 29.7 Å². The van der Waals surface area contributed by atoms with Crippen molar-refractivity contribution in [2.75, 3.05) is 13.7 Å². The SMILES string of the molecule is C=CC1CC1(NC(=O)C1CC(Oc2ccnc3cc(OC)ccc23)CN1C(=O)C(NC(=O)OC(C)(C)C)C(C)C)C(=O)NS(=O)(=O)C1CC1. The standard InChI is InChI=1S/C34H45N5O9S/c1-8-20-17-34(20,31(42)38-49(44,45)23-10-11-23)37-29(40)26-16-22(47-27-13-14-35-25-15-21(46-7)9-12-24(25)27)18-39(26)30(41)28(19(2)3)36-32(43)48-33(4,5)6/h8-9,12-15,19-20,22-23,26,28H,1,10-11,16-18H2,2-7H3,(H,36,43)(H,37,40)(H,38,42). The number of likely N-dealkylation sites (tertiary alicyclic amines) is 1. The number of aromatic nitrogens is 1. The maximum absolute atomic E-state index is 14.2. The molecule has 5 rings (SSSR count). The smallest absolute Gasteiger partial charge is 0.408 e. The van der Waals surface area contributed by atoms with Crippen molar-refractivity contribution in [2.24, 2.45) is 11.8 Å². The molecule has 14 nitrogen and oxygen atoms in total. The fourth-order valence-corrected chi connectivity index (χ4v) is 7.40. The van der Waals surface area contributed by atoms with Crippen molar-refractivity contribution >= 4 is 44.7 Å². The Morgan fingerprint density at radius 2 is 1.86 bits per heavy atom. The number of hydrogen-bond acceptors (Lipinski definition) is 10. The van der Waals surface area contributed by atoms with Gasteiger partial charge in [-0.1, -0.05) is 19.9 Å². The molecule has 49 heavy (non-hydrogen) atoms. The van der Waals surface area contributed by atoms with Crippen LogP contribution in [-0.2, 0) is 29.1 Å². The third-order valence-electron chi connectivity index (χ3n) is 8.91. The molecule has 2 saturated carbocycles. The van der Waals surface area contributed by atoms with E-state index in [4.69, 9.17) is 14.2 Å². The number of methoxy groups -OCH3 is 1. The summed E-state index contributed by atoms with van der Waals surface area (Å²) in [6, 6.07) is 4.85. The number of nitrogens with zero attached hydrogens (tertiary/aromatic N) is 2. The van der Waals surface area contributed by atoms with E-state index in [1.165, 1.54) is 11.0 Å². The Bertz CT molecular complexity index is 1750. The van der Waals surface area contributed by atoms with E-state index in [1.807, 2.05) is 0 Å². The fourth-order valence-electron chi connectivity index (χ4n) is 6.03. The lowest BCUT2D eigenvalue weighted by Gasteiger charge is -2.31. The molecule has 4 amide bonds. The van der Waals surface area contributed by atoms with Crippen LogP contribution in [0.5, 0.6) is 11.5 Å². The molecule has 2 aliphatic carbocycles. The van der Waals surface area contributed by atoms with Crippen molar-refractivity contribution in [3.8, 4) is 11.5 Å². The molecule has 1 aliphatic heterocycles. The average molecular weight is 700 g/mol. The highest BCUT2D eigenvalue weighted by molar-refractivity contribution is 7.91. The van der Waals surface area contributed by atoms with Crippen LogP contribution in [0.25, 0.3) is 10.9 Å². The van der Waals surface area contributed by atoms with Crippen LogP contribution in [0.3, 0.4) is 0 Å². The summed E-state index contributed by atoms with van der Waals surface area (Å²) in [7, 11) is -2.33. The van der Waals surface area contributed by atoms with Crippen molar-refractivity contribution in [1.82, 2.24) is 25.2 Å². The van der Waals surface area contributed by atoms with Gasteiger partial charge in [0.05, 0.1) is 24.4 Å². The summed E-state index contributed by atoms with van der Waals surface area (Å²) in [6.07, 6.45) is 2.74. The number of sulfonamides is 1. The molecule has 5 unspecified atom stereocenters. The lowest BCUT2D eigenvalue weighted by molar-refractivity contribution is -0.141. The van der Waals surface area contributed by atoms with Gasteiger partial charge in [0, 0.05) is 30.0 Å². The van der Waals surface area contributed by atoms with Gasteiger partial charge in [-0.05, 0) is 64.2 Å². The third-order valence-corrected chi connectivity index (χ3v) is 10.7. The number of amides is 4. The molecule has 266 valence electrons. The molecule has 3 N–H and O–H groups in total. The van der Waals surface area contributed by atoms with E-state index < -0.39 is 74.3 Å². The molecular weight excluding hydrogens is 654 g/mol. The number of ether oxygens (including phenoxy) is 3. The normalized spacial score (nSPS) is 24.1. The Morgan fingerprint density at radius 3 is 2.45 bits per heavy atom. The minimum absolute atomic E-state index is 0.0176. The highest BCUT2D eigenvalue weighted by Gasteiger charge is 2.62. The van der Waals surface area contributed by atoms with Crippen molar-refractivity contribution < 1.29 is 41.8 Å². The molecule has 5 atom stereocenters. The summed E-state index contributed by atoms with van der Waals surface area (Å²) in [6.45, 7) is 12.4. The maximum atomic E-state index is 14.2. The molecule has 0 bridgehead atoms. The first-order chi connectivity index (χ1) is 23.0. The maximum Gasteiger partial charge on any atom is 0.408 e. The lowest BCUT2D eigenvalue weighted by atomic mass is 10.0. The number of carbonyl (C=O) groups excluding carboxylic acids is 4. The van der Waals surface area contributed by atoms with E-state index in [1.54, 1.807) is 72.2 Å². The number of fused-ring (bicyclic) bond motifs is 1. The van der Waals surface area contributed by atoms with Gasteiger partial charge >= 0.3 is 6.09 Å². The van der Waals surface area contributed by atoms with Crippen LogP contribution in [0.1, 0.15) is 60.3 Å². The molecule has 1 saturated heterocycles. The summed E-state index contributed by atoms with van der Waals surface area (Å²) < 4.78 is 44.5. The second-order valence-electron chi connectivity index (χ2n) is 14.2. The van der Waals surface area contributed by atoms with E-state index in [9.17, 15) is 27.6 Å². The summed E-state index contributed by atoms with van der Waals surface area (Å²) in [4.78, 5) is 60.2. The topological polar surface area (TPSA) is 182 Å². The second kappa shape index (κ2) is 13.5. The van der Waals surface area contributed by atoms with Crippen molar-refractivity contribution in [3.05, 3.63) is 43.1 Å². The molecule has 15 heteroatoms. The third kappa shape index (κ3) is 7.92. The summed E-state index contributed by atoms with van der Waals surface area (Å²) >= 11 is 0. The summed E-state index contributed by atoms with van der Waals surface area (Å²) in [5, 5.41) is 5.49. The molecule has 3 fully saturated rings. The number of benzene rings is 1. The molecule has 3 aliphatic rings. The minimum atomic E-state index is -3.89. The zero-order valence-corrected chi connectivity index (χ0v) is 29.5. The van der Waals surface area contributed by atoms with Gasteiger partial charge in [0.15, 0.2) is 0 Å². The Hall–Kier alpha value is -4.40. The van der Waals surface area contributed by atoms with Gasteiger partial charge in [-0.15, -0.1) is 6.58 Å². The van der Waals surface area contributed by atoms with Crippen molar-refractivity contribution in [2.45, 2.75) is 94.9 Å². The molecular formula is C34H45N5O9S. The van der Waals surface area contributed by atoms with Gasteiger partial charge in [-0.25, -0.2) is 13.2 Å². The minimum Gasteiger partial charge on any atom is -0.497 e. The zero-order chi connectivity index (χ0) is 35.9. The Kier molecular flexibility index (Phi) is 9.88. The van der Waals surface area contributed by atoms with Crippen LogP contribution < -0.4 is 24.8 Å². The summed E-state index contributed by atoms with van der Waals surface area (Å²) in [5.41, 5.74) is -1.73. The summed E-state index contributed by atoms with van der Waals surface area (Å²) in [5.74, 6) is -1.85. The average Bonchev–Trinajstić information content (AvgIpc) is 3.95. The van der Waals surface area contributed by atoms with E-state index in [0.717, 1.165) is 0 Å². The van der Waals surface area contributed by atoms with Gasteiger partial charge in [-0.3, -0.25) is 24.1 Å². The molecule has 2 aromatic rings. The number of hydrogen-bond donors (Lipinski definition) is 3. The van der Waals surface area contributed by atoms with Gasteiger partial charge in [0.2, 0.25) is 21.8 Å². The molecule has 2 heterocycles.